The molecule has 0 saturated carbocycles. The van der Waals surface area contributed by atoms with Gasteiger partial charge < -0.3 is 15.4 Å². The average Bonchev–Trinajstić information content (AvgIpc) is 2.93. The first-order valence-electron chi connectivity index (χ1n) is 4.44. The van der Waals surface area contributed by atoms with Gasteiger partial charge in [0.15, 0.2) is 5.57 Å². The fourth-order valence-corrected chi connectivity index (χ4v) is 1.05. The second-order valence-electron chi connectivity index (χ2n) is 2.99. The van der Waals surface area contributed by atoms with Crippen LogP contribution in [0, 0.1) is 11.3 Å². The number of hydrogen-bond donors (Lipinski definition) is 1. The van der Waals surface area contributed by atoms with E-state index in [2.05, 4.69) is 4.74 Å². The molecule has 0 radical (unpaired) electrons. The predicted octanol–water partition coefficient (Wildman–Crippen LogP) is -0.874. The summed E-state index contributed by atoms with van der Waals surface area (Å²) in [4.78, 5) is 23.4. The second kappa shape index (κ2) is 4.46. The molecule has 1 atom stereocenters. The summed E-state index contributed by atoms with van der Waals surface area (Å²) in [5.41, 5.74) is 4.91. The number of carbonyl (C=O) groups excluding carboxylic acids is 2. The lowest BCUT2D eigenvalue weighted by Crippen LogP contribution is -2.20. The maximum atomic E-state index is 11.2. The maximum Gasteiger partial charge on any atom is 0.350 e. The van der Waals surface area contributed by atoms with Gasteiger partial charge in [0.1, 0.15) is 12.1 Å². The van der Waals surface area contributed by atoms with E-state index < -0.39 is 17.9 Å². The molecule has 0 aliphatic carbocycles. The monoisotopic (exact) mass is 209 g/mol. The van der Waals surface area contributed by atoms with Crippen LogP contribution in [0.3, 0.4) is 0 Å². The highest BCUT2D eigenvalue weighted by Crippen LogP contribution is 2.18. The molecule has 1 aliphatic heterocycles. The third-order valence-corrected chi connectivity index (χ3v) is 1.89. The van der Waals surface area contributed by atoms with Crippen LogP contribution in [0.4, 0.5) is 0 Å². The average molecular weight is 209 g/mol. The summed E-state index contributed by atoms with van der Waals surface area (Å²) in [6, 6.07) is 1.31. The molecule has 1 fully saturated rings. The number of nitrogens with zero attached hydrogens (tertiary/aromatic N) is 2. The molecule has 1 aliphatic rings. The molecule has 0 aromatic carbocycles. The van der Waals surface area contributed by atoms with E-state index >= 15 is 0 Å². The lowest BCUT2D eigenvalue weighted by molar-refractivity contribution is -0.138. The van der Waals surface area contributed by atoms with Crippen LogP contribution in [0.2, 0.25) is 0 Å². The van der Waals surface area contributed by atoms with Crippen LogP contribution >= 0.6 is 0 Å². The van der Waals surface area contributed by atoms with Gasteiger partial charge in [-0.25, -0.2) is 4.79 Å². The highest BCUT2D eigenvalue weighted by molar-refractivity contribution is 5.93. The van der Waals surface area contributed by atoms with Crippen molar-refractivity contribution in [1.29, 1.82) is 5.26 Å². The summed E-state index contributed by atoms with van der Waals surface area (Å²) in [6.45, 7) is 2.30. The molecule has 2 N–H and O–H groups in total. The van der Waals surface area contributed by atoms with Crippen LogP contribution in [-0.2, 0) is 14.3 Å². The molecule has 15 heavy (non-hydrogen) atoms. The quantitative estimate of drug-likeness (QED) is 0.281. The van der Waals surface area contributed by atoms with Gasteiger partial charge in [0.2, 0.25) is 5.91 Å². The number of rotatable bonds is 4. The minimum Gasteiger partial charge on any atom is -0.462 e. The van der Waals surface area contributed by atoms with E-state index in [0.717, 1.165) is 0 Å². The Bertz CT molecular complexity index is 356. The SMILES string of the molecule is CCOC(=O)C(C#N)=CN1CC1C(N)=O. The van der Waals surface area contributed by atoms with E-state index in [9.17, 15) is 9.59 Å². The molecule has 1 amide bonds. The Morgan fingerprint density at radius 2 is 2.40 bits per heavy atom. The lowest BCUT2D eigenvalue weighted by Gasteiger charge is -2.00. The molecule has 0 spiro atoms. The van der Waals surface area contributed by atoms with Gasteiger partial charge in [0.25, 0.3) is 0 Å². The molecule has 0 aromatic rings. The molecule has 6 heteroatoms. The van der Waals surface area contributed by atoms with Gasteiger partial charge in [-0.1, -0.05) is 0 Å². The molecule has 1 rings (SSSR count). The van der Waals surface area contributed by atoms with Crippen molar-refractivity contribution < 1.29 is 14.3 Å². The third-order valence-electron chi connectivity index (χ3n) is 1.89. The topological polar surface area (TPSA) is 96.2 Å². The Labute approximate surface area is 86.9 Å². The van der Waals surface area contributed by atoms with Gasteiger partial charge in [-0.05, 0) is 6.92 Å². The largest absolute Gasteiger partial charge is 0.462 e. The number of primary amides is 1. The number of nitriles is 1. The van der Waals surface area contributed by atoms with Crippen molar-refractivity contribution in [3.8, 4) is 6.07 Å². The normalized spacial score (nSPS) is 19.3. The third kappa shape index (κ3) is 2.71. The molecular weight excluding hydrogens is 198 g/mol. The molecule has 1 heterocycles. The van der Waals surface area contributed by atoms with Crippen molar-refractivity contribution in [2.24, 2.45) is 5.73 Å². The number of esters is 1. The molecule has 0 aromatic heterocycles. The summed E-state index contributed by atoms with van der Waals surface area (Å²) in [5.74, 6) is -1.15. The van der Waals surface area contributed by atoms with E-state index in [1.54, 1.807) is 13.0 Å². The fraction of sp³-hybridized carbons (Fsp3) is 0.444. The maximum absolute atomic E-state index is 11.2. The first-order chi connectivity index (χ1) is 7.10. The van der Waals surface area contributed by atoms with Crippen molar-refractivity contribution >= 4 is 11.9 Å². The van der Waals surface area contributed by atoms with Gasteiger partial charge in [0, 0.05) is 12.7 Å². The first-order valence-corrected chi connectivity index (χ1v) is 4.44. The van der Waals surface area contributed by atoms with E-state index in [4.69, 9.17) is 11.0 Å². The van der Waals surface area contributed by atoms with Gasteiger partial charge in [0.05, 0.1) is 6.61 Å². The zero-order valence-electron chi connectivity index (χ0n) is 8.27. The van der Waals surface area contributed by atoms with Crippen LogP contribution in [0.1, 0.15) is 6.92 Å². The van der Waals surface area contributed by atoms with Gasteiger partial charge in [-0.2, -0.15) is 5.26 Å². The van der Waals surface area contributed by atoms with Crippen molar-refractivity contribution in [1.82, 2.24) is 4.90 Å². The molecular formula is C9H11N3O3. The van der Waals surface area contributed by atoms with Crippen LogP contribution < -0.4 is 5.73 Å². The summed E-state index contributed by atoms with van der Waals surface area (Å²) < 4.78 is 4.65. The van der Waals surface area contributed by atoms with Crippen molar-refractivity contribution in [2.75, 3.05) is 13.2 Å². The number of carbonyl (C=O) groups is 2. The smallest absolute Gasteiger partial charge is 0.350 e. The number of amides is 1. The van der Waals surface area contributed by atoms with Crippen LogP contribution in [-0.4, -0.2) is 36.0 Å². The standard InChI is InChI=1S/C9H11N3O3/c1-2-15-9(14)6(3-10)4-12-5-7(12)8(11)13/h4,7H,2,5H2,1H3,(H2,11,13). The van der Waals surface area contributed by atoms with Crippen LogP contribution in [0.15, 0.2) is 11.8 Å². The summed E-state index contributed by atoms with van der Waals surface area (Å²) in [6.07, 6.45) is 1.30. The molecule has 6 nitrogen and oxygen atoms in total. The highest BCUT2D eigenvalue weighted by atomic mass is 16.5. The number of nitrogens with two attached hydrogens (primary N) is 1. The van der Waals surface area contributed by atoms with Crippen molar-refractivity contribution in [3.63, 3.8) is 0 Å². The van der Waals surface area contributed by atoms with Gasteiger partial charge in [-0.15, -0.1) is 0 Å². The Hall–Kier alpha value is -2.03. The molecule has 1 saturated heterocycles. The van der Waals surface area contributed by atoms with E-state index in [1.165, 1.54) is 11.1 Å². The van der Waals surface area contributed by atoms with Gasteiger partial charge >= 0.3 is 5.97 Å². The Kier molecular flexibility index (Phi) is 3.29. The summed E-state index contributed by atoms with van der Waals surface area (Å²) >= 11 is 0. The molecule has 80 valence electrons. The van der Waals surface area contributed by atoms with Crippen LogP contribution in [0.25, 0.3) is 0 Å². The van der Waals surface area contributed by atoms with Crippen LogP contribution in [0.5, 0.6) is 0 Å². The minimum absolute atomic E-state index is 0.124. The predicted molar refractivity (Wildman–Crippen MR) is 50.0 cm³/mol. The summed E-state index contributed by atoms with van der Waals surface area (Å²) in [7, 11) is 0. The number of hydrogen-bond acceptors (Lipinski definition) is 5. The summed E-state index contributed by atoms with van der Waals surface area (Å²) in [5, 5.41) is 8.66. The molecule has 1 unspecified atom stereocenters. The van der Waals surface area contributed by atoms with E-state index in [-0.39, 0.29) is 12.2 Å². The zero-order valence-corrected chi connectivity index (χ0v) is 8.27. The van der Waals surface area contributed by atoms with Gasteiger partial charge in [-0.3, -0.25) is 4.79 Å². The van der Waals surface area contributed by atoms with E-state index in [1.807, 2.05) is 0 Å². The Morgan fingerprint density at radius 3 is 2.80 bits per heavy atom. The second-order valence-corrected chi connectivity index (χ2v) is 2.99. The first kappa shape index (κ1) is 11.0. The van der Waals surface area contributed by atoms with Crippen molar-refractivity contribution in [2.45, 2.75) is 13.0 Å². The lowest BCUT2D eigenvalue weighted by atomic mass is 10.3. The highest BCUT2D eigenvalue weighted by Gasteiger charge is 2.37. The zero-order chi connectivity index (χ0) is 11.4. The minimum atomic E-state index is -0.685. The number of ether oxygens (including phenoxy) is 1. The molecule has 0 bridgehead atoms. The van der Waals surface area contributed by atoms with Crippen molar-refractivity contribution in [3.05, 3.63) is 11.8 Å². The Morgan fingerprint density at radius 1 is 1.73 bits per heavy atom. The Balaban J connectivity index is 2.61. The van der Waals surface area contributed by atoms with E-state index in [0.29, 0.717) is 6.54 Å². The fourth-order valence-electron chi connectivity index (χ4n) is 1.05.